The number of aliphatic hydroxyl groups excluding tert-OH is 1. The highest BCUT2D eigenvalue weighted by Gasteiger charge is 2.66. The summed E-state index contributed by atoms with van der Waals surface area (Å²) in [7, 11) is -1.69. The number of rotatable bonds is 19. The SMILES string of the molecule is CC(=O)N[C@@H]1[C@@H]([C@H](OC(C)=O)[C@@H](COC(C)=O)OC(C)=O)O[C@]2(C[C@H]1OC(C)=O)O[C@@H]1[C@@H](NC2=O)[C@H](O[C@@H]2[C@@H](OC(=O)c3ccccc3)[C@H](OCC[Si](C)(C)C)OC[C@H]2O)O[C@H](COC(C)=O)[C@@H]1OC(C)=O. The normalized spacial score (nSPS) is 31.0. The van der Waals surface area contributed by atoms with Crippen LogP contribution in [0.15, 0.2) is 30.3 Å². The fraction of sp³-hybridized carbons (Fsp3) is 0.674. The molecule has 0 bridgehead atoms. The van der Waals surface area contributed by atoms with Gasteiger partial charge in [-0.2, -0.15) is 0 Å². The Morgan fingerprint density at radius 3 is 2.03 bits per heavy atom. The van der Waals surface area contributed by atoms with Crippen LogP contribution in [0.5, 0.6) is 0 Å². The van der Waals surface area contributed by atoms with Crippen LogP contribution in [0.1, 0.15) is 65.2 Å². The van der Waals surface area contributed by atoms with Gasteiger partial charge in [0.15, 0.2) is 37.0 Å². The monoisotopic (exact) mass is 1040 g/mol. The second kappa shape index (κ2) is 24.9. The van der Waals surface area contributed by atoms with E-state index in [0.717, 1.165) is 48.5 Å². The Bertz CT molecular complexity index is 2140. The summed E-state index contributed by atoms with van der Waals surface area (Å²) in [4.78, 5) is 117. The average molecular weight is 1040 g/mol. The number of aliphatic hydroxyl groups is 1. The summed E-state index contributed by atoms with van der Waals surface area (Å²) in [5, 5.41) is 16.9. The smallest absolute Gasteiger partial charge is 0.338 e. The van der Waals surface area contributed by atoms with Crippen LogP contribution in [0.4, 0.5) is 0 Å². The number of nitrogens with one attached hydrogen (secondary N) is 2. The van der Waals surface area contributed by atoms with Crippen LogP contribution in [0.3, 0.4) is 0 Å². The molecule has 3 N–H and O–H groups in total. The first kappa shape index (κ1) is 57.3. The van der Waals surface area contributed by atoms with E-state index in [9.17, 15) is 48.3 Å². The molecule has 4 aliphatic rings. The quantitative estimate of drug-likeness (QED) is 0.0941. The van der Waals surface area contributed by atoms with E-state index in [0.29, 0.717) is 6.04 Å². The molecule has 400 valence electrons. The molecule has 0 saturated carbocycles. The first-order valence-corrected chi connectivity index (χ1v) is 26.9. The third kappa shape index (κ3) is 15.5. The minimum absolute atomic E-state index is 0.134. The van der Waals surface area contributed by atoms with E-state index in [-0.39, 0.29) is 12.2 Å². The molecular formula is C46H64N2O23Si. The molecular weight excluding hydrogens is 977 g/mol. The van der Waals surface area contributed by atoms with Crippen LogP contribution in [-0.2, 0) is 99.9 Å². The summed E-state index contributed by atoms with van der Waals surface area (Å²) in [6.45, 7) is 12.1. The van der Waals surface area contributed by atoms with Crippen molar-refractivity contribution in [2.24, 2.45) is 0 Å². The van der Waals surface area contributed by atoms with Crippen molar-refractivity contribution in [1.29, 1.82) is 0 Å². The predicted octanol–water partition coefficient (Wildman–Crippen LogP) is 0.121. The molecule has 1 aromatic rings. The van der Waals surface area contributed by atoms with Crippen molar-refractivity contribution in [2.45, 2.75) is 172 Å². The Morgan fingerprint density at radius 1 is 0.792 bits per heavy atom. The van der Waals surface area contributed by atoms with Gasteiger partial charge < -0.3 is 77.3 Å². The number of morpholine rings is 1. The van der Waals surface area contributed by atoms with Crippen LogP contribution in [-0.4, -0.2) is 185 Å². The zero-order valence-electron chi connectivity index (χ0n) is 41.6. The molecule has 1 spiro atoms. The summed E-state index contributed by atoms with van der Waals surface area (Å²) >= 11 is 0. The Labute approximate surface area is 415 Å². The van der Waals surface area contributed by atoms with Gasteiger partial charge in [0, 0.05) is 63.1 Å². The van der Waals surface area contributed by atoms with E-state index in [1.807, 2.05) is 0 Å². The number of ether oxygens (including phenoxy) is 13. The summed E-state index contributed by atoms with van der Waals surface area (Å²) in [6, 6.07) is 5.50. The number of benzene rings is 1. The topological polar surface area (TPSA) is 318 Å². The number of amides is 2. The van der Waals surface area contributed by atoms with Crippen LogP contribution in [0.2, 0.25) is 25.7 Å². The Balaban J connectivity index is 1.63. The molecule has 1 aromatic carbocycles. The van der Waals surface area contributed by atoms with Crippen LogP contribution >= 0.6 is 0 Å². The molecule has 72 heavy (non-hydrogen) atoms. The fourth-order valence-electron chi connectivity index (χ4n) is 8.44. The number of fused-ring (bicyclic) bond motifs is 1. The summed E-state index contributed by atoms with van der Waals surface area (Å²) in [6.07, 6.45) is -20.2. The van der Waals surface area contributed by atoms with Crippen molar-refractivity contribution in [3.05, 3.63) is 35.9 Å². The van der Waals surface area contributed by atoms with Gasteiger partial charge in [0.25, 0.3) is 11.7 Å². The van der Waals surface area contributed by atoms with Crippen molar-refractivity contribution in [3.63, 3.8) is 0 Å². The fourth-order valence-corrected chi connectivity index (χ4v) is 9.17. The van der Waals surface area contributed by atoms with Gasteiger partial charge in [-0.25, -0.2) is 4.79 Å². The summed E-state index contributed by atoms with van der Waals surface area (Å²) in [5.74, 6) is -10.9. The second-order valence-corrected chi connectivity index (χ2v) is 24.3. The van der Waals surface area contributed by atoms with Gasteiger partial charge in [-0.05, 0) is 18.2 Å². The first-order valence-electron chi connectivity index (χ1n) is 23.1. The standard InChI is InChI=1S/C46H64N2O23Si/c1-22(49)47-34-31(63-25(4)52)18-46(70-39(34)37(65-27(6)54)32(64-26(5)53)20-60-23(2)50)45(58)48-35-40(71-46)38(66-28(7)55)33(21-61-24(3)51)67-43(35)69-36-30(56)19-62-44(59-16-17-72(8,9)10)41(36)68-42(57)29-14-12-11-13-15-29/h11-15,30-41,43-44,56H,16-21H2,1-10H3,(H,47,49)(H,48,58)/t30-,31-,32-,33-,34+,35-,36+,37-,38+,39+,40-,41-,43+,44-,46-/m1/s1. The number of carbonyl (C=O) groups is 9. The lowest BCUT2D eigenvalue weighted by Gasteiger charge is -2.56. The zero-order valence-corrected chi connectivity index (χ0v) is 42.6. The second-order valence-electron chi connectivity index (χ2n) is 18.7. The molecule has 4 saturated heterocycles. The minimum Gasteiger partial charge on any atom is -0.463 e. The molecule has 26 heteroatoms. The molecule has 4 heterocycles. The Morgan fingerprint density at radius 2 is 1.44 bits per heavy atom. The van der Waals surface area contributed by atoms with E-state index in [2.05, 4.69) is 30.3 Å². The maximum atomic E-state index is 15.0. The number of hydrogen-bond donors (Lipinski definition) is 3. The van der Waals surface area contributed by atoms with Gasteiger partial charge in [0.05, 0.1) is 24.6 Å². The van der Waals surface area contributed by atoms with E-state index >= 15 is 0 Å². The van der Waals surface area contributed by atoms with Crippen molar-refractivity contribution in [1.82, 2.24) is 10.6 Å². The van der Waals surface area contributed by atoms with Gasteiger partial charge in [-0.3, -0.25) is 38.4 Å². The van der Waals surface area contributed by atoms with Gasteiger partial charge >= 0.3 is 41.8 Å². The maximum Gasteiger partial charge on any atom is 0.338 e. The molecule has 2 amide bonds. The maximum absolute atomic E-state index is 15.0. The van der Waals surface area contributed by atoms with Gasteiger partial charge in [0.2, 0.25) is 5.91 Å². The molecule has 0 unspecified atom stereocenters. The van der Waals surface area contributed by atoms with Gasteiger partial charge in [-0.15, -0.1) is 0 Å². The third-order valence-electron chi connectivity index (χ3n) is 11.4. The molecule has 0 aliphatic carbocycles. The van der Waals surface area contributed by atoms with Crippen LogP contribution < -0.4 is 10.6 Å². The van der Waals surface area contributed by atoms with Crippen molar-refractivity contribution >= 4 is 61.7 Å². The van der Waals surface area contributed by atoms with E-state index in [1.165, 1.54) is 12.1 Å². The van der Waals surface area contributed by atoms with Crippen molar-refractivity contribution < 1.29 is 110 Å². The number of hydrogen-bond acceptors (Lipinski definition) is 23. The first-order chi connectivity index (χ1) is 33.8. The Kier molecular flexibility index (Phi) is 19.8. The lowest BCUT2D eigenvalue weighted by atomic mass is 9.85. The molecule has 25 nitrogen and oxygen atoms in total. The largest absolute Gasteiger partial charge is 0.463 e. The molecule has 0 aromatic heterocycles. The van der Waals surface area contributed by atoms with E-state index < -0.39 is 179 Å². The molecule has 15 atom stereocenters. The van der Waals surface area contributed by atoms with E-state index in [4.69, 9.17) is 61.6 Å². The molecule has 0 radical (unpaired) electrons. The highest BCUT2D eigenvalue weighted by Crippen LogP contribution is 2.43. The predicted molar refractivity (Wildman–Crippen MR) is 241 cm³/mol. The van der Waals surface area contributed by atoms with Gasteiger partial charge in [0.1, 0.15) is 55.9 Å². The Hall–Kier alpha value is -5.61. The summed E-state index contributed by atoms with van der Waals surface area (Å²) in [5.41, 5.74) is 0.134. The van der Waals surface area contributed by atoms with Gasteiger partial charge in [-0.1, -0.05) is 37.8 Å². The number of carbonyl (C=O) groups excluding carboxylic acids is 9. The highest BCUT2D eigenvalue weighted by molar-refractivity contribution is 6.76. The molecule has 5 rings (SSSR count). The van der Waals surface area contributed by atoms with E-state index in [1.54, 1.807) is 18.2 Å². The highest BCUT2D eigenvalue weighted by atomic mass is 28.3. The summed E-state index contributed by atoms with van der Waals surface area (Å²) < 4.78 is 77.1. The lowest BCUT2D eigenvalue weighted by Crippen LogP contribution is -2.78. The van der Waals surface area contributed by atoms with Crippen molar-refractivity contribution in [2.75, 3.05) is 26.4 Å². The lowest BCUT2D eigenvalue weighted by molar-refractivity contribution is -0.375. The zero-order chi connectivity index (χ0) is 53.2. The van der Waals surface area contributed by atoms with Crippen molar-refractivity contribution in [3.8, 4) is 0 Å². The third-order valence-corrected chi connectivity index (χ3v) is 13.2. The minimum atomic E-state index is -2.69. The van der Waals surface area contributed by atoms with Crippen LogP contribution in [0, 0.1) is 0 Å². The van der Waals surface area contributed by atoms with Crippen LogP contribution in [0.25, 0.3) is 0 Å². The molecule has 4 fully saturated rings. The molecule has 4 aliphatic heterocycles. The number of esters is 7. The average Bonchev–Trinajstić information content (AvgIpc) is 3.27.